The van der Waals surface area contributed by atoms with Gasteiger partial charge in [-0.1, -0.05) is 6.92 Å². The summed E-state index contributed by atoms with van der Waals surface area (Å²) in [7, 11) is 0. The Morgan fingerprint density at radius 1 is 1.56 bits per heavy atom. The second kappa shape index (κ2) is 6.00. The SMILES string of the molecule is CCCn1ccnc(N2CCCC(CO)C2)c1=O. The monoisotopic (exact) mass is 251 g/mol. The van der Waals surface area contributed by atoms with E-state index in [-0.39, 0.29) is 18.1 Å². The highest BCUT2D eigenvalue weighted by Crippen LogP contribution is 2.18. The Bertz CT molecular complexity index is 444. The molecule has 100 valence electrons. The van der Waals surface area contributed by atoms with Crippen molar-refractivity contribution >= 4 is 5.82 Å². The number of rotatable bonds is 4. The molecule has 0 saturated carbocycles. The Morgan fingerprint density at radius 3 is 3.11 bits per heavy atom. The fraction of sp³-hybridized carbons (Fsp3) is 0.692. The van der Waals surface area contributed by atoms with Crippen molar-refractivity contribution < 1.29 is 5.11 Å². The number of hydrogen-bond acceptors (Lipinski definition) is 4. The molecule has 1 aliphatic rings. The predicted octanol–water partition coefficient (Wildman–Crippen LogP) is 0.862. The number of nitrogens with zero attached hydrogens (tertiary/aromatic N) is 3. The van der Waals surface area contributed by atoms with Crippen molar-refractivity contribution in [1.29, 1.82) is 0 Å². The summed E-state index contributed by atoms with van der Waals surface area (Å²) in [5, 5.41) is 9.23. The van der Waals surface area contributed by atoms with Gasteiger partial charge in [-0.3, -0.25) is 4.79 Å². The maximum Gasteiger partial charge on any atom is 0.293 e. The van der Waals surface area contributed by atoms with E-state index in [0.717, 1.165) is 38.9 Å². The van der Waals surface area contributed by atoms with E-state index in [1.165, 1.54) is 0 Å². The number of aryl methyl sites for hydroxylation is 1. The molecule has 1 N–H and O–H groups in total. The Balaban J connectivity index is 2.22. The van der Waals surface area contributed by atoms with Crippen molar-refractivity contribution in [2.24, 2.45) is 5.92 Å². The summed E-state index contributed by atoms with van der Waals surface area (Å²) in [6.07, 6.45) is 6.40. The van der Waals surface area contributed by atoms with Gasteiger partial charge in [-0.25, -0.2) is 4.98 Å². The van der Waals surface area contributed by atoms with Gasteiger partial charge in [0.15, 0.2) is 5.82 Å². The lowest BCUT2D eigenvalue weighted by Gasteiger charge is -2.32. The zero-order valence-electron chi connectivity index (χ0n) is 10.9. The van der Waals surface area contributed by atoms with E-state index in [4.69, 9.17) is 0 Å². The molecule has 1 unspecified atom stereocenters. The zero-order chi connectivity index (χ0) is 13.0. The molecule has 0 aromatic carbocycles. The molecular formula is C13H21N3O2. The van der Waals surface area contributed by atoms with Gasteiger partial charge in [0.25, 0.3) is 5.56 Å². The van der Waals surface area contributed by atoms with Gasteiger partial charge in [-0.05, 0) is 25.2 Å². The van der Waals surface area contributed by atoms with E-state index in [1.807, 2.05) is 4.90 Å². The average Bonchev–Trinajstić information content (AvgIpc) is 2.41. The third-order valence-electron chi connectivity index (χ3n) is 3.44. The minimum Gasteiger partial charge on any atom is -0.396 e. The molecular weight excluding hydrogens is 230 g/mol. The molecule has 0 aliphatic carbocycles. The minimum absolute atomic E-state index is 0.0158. The van der Waals surface area contributed by atoms with Crippen molar-refractivity contribution in [3.63, 3.8) is 0 Å². The summed E-state index contributed by atoms with van der Waals surface area (Å²) < 4.78 is 1.71. The highest BCUT2D eigenvalue weighted by Gasteiger charge is 2.22. The van der Waals surface area contributed by atoms with Gasteiger partial charge >= 0.3 is 0 Å². The lowest BCUT2D eigenvalue weighted by Crippen LogP contribution is -2.41. The normalized spacial score (nSPS) is 20.1. The molecule has 18 heavy (non-hydrogen) atoms. The quantitative estimate of drug-likeness (QED) is 0.862. The van der Waals surface area contributed by atoms with E-state index in [0.29, 0.717) is 5.82 Å². The molecule has 1 fully saturated rings. The molecule has 1 aliphatic heterocycles. The highest BCUT2D eigenvalue weighted by atomic mass is 16.3. The Kier molecular flexibility index (Phi) is 4.36. The highest BCUT2D eigenvalue weighted by molar-refractivity contribution is 5.36. The van der Waals surface area contributed by atoms with Gasteiger partial charge in [0.05, 0.1) is 0 Å². The minimum atomic E-state index is -0.0158. The Hall–Kier alpha value is -1.36. The van der Waals surface area contributed by atoms with Crippen LogP contribution in [0.4, 0.5) is 5.82 Å². The molecule has 0 amide bonds. The fourth-order valence-electron chi connectivity index (χ4n) is 2.48. The number of piperidine rings is 1. The second-order valence-corrected chi connectivity index (χ2v) is 4.89. The first kappa shape index (κ1) is 13.1. The van der Waals surface area contributed by atoms with Gasteiger partial charge < -0.3 is 14.6 Å². The maximum atomic E-state index is 12.2. The summed E-state index contributed by atoms with van der Waals surface area (Å²) in [5.74, 6) is 0.795. The summed E-state index contributed by atoms with van der Waals surface area (Å²) in [4.78, 5) is 18.5. The summed E-state index contributed by atoms with van der Waals surface area (Å²) in [5.41, 5.74) is -0.0158. The lowest BCUT2D eigenvalue weighted by molar-refractivity contribution is 0.208. The van der Waals surface area contributed by atoms with Gasteiger partial charge in [-0.15, -0.1) is 0 Å². The van der Waals surface area contributed by atoms with Crippen LogP contribution in [-0.2, 0) is 6.54 Å². The van der Waals surface area contributed by atoms with Crippen LogP contribution in [0.3, 0.4) is 0 Å². The fourth-order valence-corrected chi connectivity index (χ4v) is 2.48. The second-order valence-electron chi connectivity index (χ2n) is 4.89. The number of aromatic nitrogens is 2. The smallest absolute Gasteiger partial charge is 0.293 e. The van der Waals surface area contributed by atoms with E-state index >= 15 is 0 Å². The molecule has 1 saturated heterocycles. The molecule has 0 bridgehead atoms. The molecule has 2 heterocycles. The van der Waals surface area contributed by atoms with Gasteiger partial charge in [0, 0.05) is 38.6 Å². The molecule has 0 radical (unpaired) electrons. The number of aliphatic hydroxyl groups excluding tert-OH is 1. The Labute approximate surface area is 107 Å². The lowest BCUT2D eigenvalue weighted by atomic mass is 9.99. The van der Waals surface area contributed by atoms with Crippen LogP contribution in [0.15, 0.2) is 17.2 Å². The van der Waals surface area contributed by atoms with Gasteiger partial charge in [-0.2, -0.15) is 0 Å². The van der Waals surface area contributed by atoms with Crippen LogP contribution in [0, 0.1) is 5.92 Å². The molecule has 5 nitrogen and oxygen atoms in total. The van der Waals surface area contributed by atoms with Crippen molar-refractivity contribution in [3.8, 4) is 0 Å². The van der Waals surface area contributed by atoms with Crippen molar-refractivity contribution in [2.75, 3.05) is 24.6 Å². The Morgan fingerprint density at radius 2 is 2.39 bits per heavy atom. The topological polar surface area (TPSA) is 58.4 Å². The van der Waals surface area contributed by atoms with E-state index in [1.54, 1.807) is 17.0 Å². The van der Waals surface area contributed by atoms with Gasteiger partial charge in [0.2, 0.25) is 0 Å². The van der Waals surface area contributed by atoms with E-state index in [2.05, 4.69) is 11.9 Å². The first-order valence-electron chi connectivity index (χ1n) is 6.67. The number of hydrogen-bond donors (Lipinski definition) is 1. The third kappa shape index (κ3) is 2.72. The summed E-state index contributed by atoms with van der Waals surface area (Å²) in [6.45, 7) is 4.55. The number of aliphatic hydroxyl groups is 1. The molecule has 5 heteroatoms. The van der Waals surface area contributed by atoms with E-state index in [9.17, 15) is 9.90 Å². The molecule has 1 atom stereocenters. The van der Waals surface area contributed by atoms with Crippen molar-refractivity contribution in [3.05, 3.63) is 22.7 Å². The van der Waals surface area contributed by atoms with Crippen molar-refractivity contribution in [1.82, 2.24) is 9.55 Å². The van der Waals surface area contributed by atoms with Crippen LogP contribution in [0.5, 0.6) is 0 Å². The first-order valence-corrected chi connectivity index (χ1v) is 6.67. The van der Waals surface area contributed by atoms with Crippen LogP contribution in [0.25, 0.3) is 0 Å². The first-order chi connectivity index (χ1) is 8.76. The molecule has 1 aromatic rings. The third-order valence-corrected chi connectivity index (χ3v) is 3.44. The largest absolute Gasteiger partial charge is 0.396 e. The molecule has 1 aromatic heterocycles. The molecule has 0 spiro atoms. The van der Waals surface area contributed by atoms with Crippen LogP contribution >= 0.6 is 0 Å². The van der Waals surface area contributed by atoms with Crippen molar-refractivity contribution in [2.45, 2.75) is 32.7 Å². The maximum absolute atomic E-state index is 12.2. The van der Waals surface area contributed by atoms with Gasteiger partial charge in [0.1, 0.15) is 0 Å². The van der Waals surface area contributed by atoms with Crippen LogP contribution in [-0.4, -0.2) is 34.4 Å². The molecule has 2 rings (SSSR count). The predicted molar refractivity (Wildman–Crippen MR) is 70.8 cm³/mol. The van der Waals surface area contributed by atoms with Crippen LogP contribution in [0.1, 0.15) is 26.2 Å². The zero-order valence-corrected chi connectivity index (χ0v) is 10.9. The standard InChI is InChI=1S/C13H21N3O2/c1-2-6-15-8-5-14-12(13(15)18)16-7-3-4-11(9-16)10-17/h5,8,11,17H,2-4,6-7,9-10H2,1H3. The number of anilines is 1. The van der Waals surface area contributed by atoms with Crippen LogP contribution < -0.4 is 10.5 Å². The van der Waals surface area contributed by atoms with E-state index < -0.39 is 0 Å². The summed E-state index contributed by atoms with van der Waals surface area (Å²) >= 11 is 0. The summed E-state index contributed by atoms with van der Waals surface area (Å²) in [6, 6.07) is 0. The van der Waals surface area contributed by atoms with Crippen LogP contribution in [0.2, 0.25) is 0 Å². The average molecular weight is 251 g/mol.